The number of carbonyl (C=O) groups excluding carboxylic acids is 2. The molecular weight excluding hydrogens is 334 g/mol. The van der Waals surface area contributed by atoms with E-state index in [1.807, 2.05) is 20.8 Å². The van der Waals surface area contributed by atoms with Gasteiger partial charge < -0.3 is 14.5 Å². The largest absolute Gasteiger partial charge is 0.444 e. The van der Waals surface area contributed by atoms with E-state index in [2.05, 4.69) is 0 Å². The monoisotopic (exact) mass is 361 g/mol. The lowest BCUT2D eigenvalue weighted by Crippen LogP contribution is -2.54. The van der Waals surface area contributed by atoms with E-state index in [1.165, 1.54) is 4.31 Å². The van der Waals surface area contributed by atoms with Crippen molar-refractivity contribution in [2.45, 2.75) is 39.2 Å². The molecule has 2 aliphatic heterocycles. The number of ether oxygens (including phenoxy) is 1. The quantitative estimate of drug-likeness (QED) is 0.715. The van der Waals surface area contributed by atoms with Gasteiger partial charge in [0.1, 0.15) is 5.60 Å². The van der Waals surface area contributed by atoms with Gasteiger partial charge in [0.05, 0.1) is 5.92 Å². The summed E-state index contributed by atoms with van der Waals surface area (Å²) in [4.78, 5) is 28.0. The Balaban J connectivity index is 1.85. The number of amides is 2. The fourth-order valence-electron chi connectivity index (χ4n) is 3.00. The zero-order valence-electron chi connectivity index (χ0n) is 14.6. The molecule has 2 saturated heterocycles. The van der Waals surface area contributed by atoms with E-state index >= 15 is 0 Å². The van der Waals surface area contributed by atoms with E-state index < -0.39 is 16.5 Å². The zero-order valence-corrected chi connectivity index (χ0v) is 15.5. The van der Waals surface area contributed by atoms with Crippen LogP contribution in [0.1, 0.15) is 33.6 Å². The summed E-state index contributed by atoms with van der Waals surface area (Å²) in [7, 11) is -2.62. The summed E-state index contributed by atoms with van der Waals surface area (Å²) in [6.45, 7) is 8.01. The van der Waals surface area contributed by atoms with E-state index in [9.17, 15) is 18.0 Å². The Bertz CT molecular complexity index is 542. The molecule has 0 radical (unpaired) electrons. The maximum Gasteiger partial charge on any atom is 0.410 e. The second kappa shape index (κ2) is 7.69. The van der Waals surface area contributed by atoms with E-state index in [1.54, 1.807) is 9.80 Å². The number of thiol groups is 1. The smallest absolute Gasteiger partial charge is 0.410 e. The lowest BCUT2D eigenvalue weighted by Gasteiger charge is -2.38. The third kappa shape index (κ3) is 5.07. The van der Waals surface area contributed by atoms with Crippen molar-refractivity contribution in [2.24, 2.45) is 5.92 Å². The van der Waals surface area contributed by atoms with Gasteiger partial charge in [-0.1, -0.05) is 0 Å². The molecule has 8 nitrogen and oxygen atoms in total. The summed E-state index contributed by atoms with van der Waals surface area (Å²) in [6.07, 6.45) is 1.06. The zero-order chi connectivity index (χ0) is 17.9. The molecule has 0 bridgehead atoms. The van der Waals surface area contributed by atoms with Crippen molar-refractivity contribution < 1.29 is 22.7 Å². The first-order valence-corrected chi connectivity index (χ1v) is 9.46. The van der Waals surface area contributed by atoms with Crippen LogP contribution < -0.4 is 0 Å². The minimum Gasteiger partial charge on any atom is -0.444 e. The Morgan fingerprint density at radius 2 is 1.58 bits per heavy atom. The molecule has 2 heterocycles. The van der Waals surface area contributed by atoms with Crippen molar-refractivity contribution in [3.05, 3.63) is 0 Å². The van der Waals surface area contributed by atoms with E-state index in [4.69, 9.17) is 4.74 Å². The molecule has 2 aliphatic rings. The number of carbonyl (C=O) groups is 2. The second-order valence-corrected chi connectivity index (χ2v) is 8.32. The highest BCUT2D eigenvalue weighted by atomic mass is 32.2. The third-order valence-electron chi connectivity index (χ3n) is 4.22. The number of hydrogen-bond acceptors (Lipinski definition) is 5. The fourth-order valence-corrected chi connectivity index (χ4v) is 3.64. The normalized spacial score (nSPS) is 23.4. The van der Waals surface area contributed by atoms with E-state index in [-0.39, 0.29) is 24.5 Å². The van der Waals surface area contributed by atoms with Crippen molar-refractivity contribution in [1.29, 1.82) is 0 Å². The van der Waals surface area contributed by atoms with Gasteiger partial charge in [-0.05, 0) is 33.6 Å². The van der Waals surface area contributed by atoms with Crippen molar-refractivity contribution in [3.63, 3.8) is 0 Å². The van der Waals surface area contributed by atoms with E-state index in [0.717, 1.165) is 0 Å². The topological polar surface area (TPSA) is 87.2 Å². The molecule has 1 atom stereocenters. The molecule has 0 aromatic rings. The van der Waals surface area contributed by atoms with Crippen molar-refractivity contribution in [3.8, 4) is 0 Å². The molecule has 138 valence electrons. The molecule has 9 heteroatoms. The van der Waals surface area contributed by atoms with Gasteiger partial charge in [-0.25, -0.2) is 17.5 Å². The number of hydrogen-bond donors (Lipinski definition) is 1. The molecule has 0 saturated carbocycles. The number of piperidine rings is 1. The SMILES string of the molecule is CC(C)(C)OC(=O)N1CCN(C(=O)[C@@H]2CCCN([SH](=O)=O)C2)CC1. The fraction of sp³-hybridized carbons (Fsp3) is 0.867. The Labute approximate surface area is 144 Å². The van der Waals surface area contributed by atoms with Crippen LogP contribution in [0.4, 0.5) is 4.79 Å². The van der Waals surface area contributed by atoms with Crippen LogP contribution in [0.2, 0.25) is 0 Å². The number of piperazine rings is 1. The first kappa shape index (κ1) is 19.0. The van der Waals surface area contributed by atoms with Crippen LogP contribution in [0.3, 0.4) is 0 Å². The average molecular weight is 361 g/mol. The van der Waals surface area contributed by atoms with Gasteiger partial charge in [-0.15, -0.1) is 0 Å². The summed E-state index contributed by atoms with van der Waals surface area (Å²) < 4.78 is 28.9. The molecule has 2 fully saturated rings. The molecule has 0 unspecified atom stereocenters. The van der Waals surface area contributed by atoms with Gasteiger partial charge in [0.15, 0.2) is 0 Å². The Morgan fingerprint density at radius 3 is 2.12 bits per heavy atom. The molecule has 0 aromatic heterocycles. The summed E-state index contributed by atoms with van der Waals surface area (Å²) >= 11 is 0. The Hall–Kier alpha value is -1.35. The van der Waals surface area contributed by atoms with Gasteiger partial charge in [-0.2, -0.15) is 0 Å². The number of nitrogens with zero attached hydrogens (tertiary/aromatic N) is 3. The van der Waals surface area contributed by atoms with Crippen molar-refractivity contribution in [1.82, 2.24) is 14.1 Å². The summed E-state index contributed by atoms with van der Waals surface area (Å²) in [5, 5.41) is 0. The van der Waals surface area contributed by atoms with Gasteiger partial charge in [-0.3, -0.25) is 4.79 Å². The van der Waals surface area contributed by atoms with E-state index in [0.29, 0.717) is 45.6 Å². The van der Waals surface area contributed by atoms with Crippen LogP contribution >= 0.6 is 0 Å². The van der Waals surface area contributed by atoms with Crippen LogP contribution in [0.5, 0.6) is 0 Å². The minimum atomic E-state index is -2.62. The van der Waals surface area contributed by atoms with Gasteiger partial charge >= 0.3 is 6.09 Å². The first-order chi connectivity index (χ1) is 11.2. The Kier molecular flexibility index (Phi) is 6.08. The average Bonchev–Trinajstić information content (AvgIpc) is 2.53. The first-order valence-electron chi connectivity index (χ1n) is 8.33. The van der Waals surface area contributed by atoms with Crippen LogP contribution in [0.25, 0.3) is 0 Å². The van der Waals surface area contributed by atoms with Crippen LogP contribution in [-0.2, 0) is 20.4 Å². The summed E-state index contributed by atoms with van der Waals surface area (Å²) in [5.74, 6) is -0.292. The number of rotatable bonds is 2. The summed E-state index contributed by atoms with van der Waals surface area (Å²) in [6, 6.07) is 0. The highest BCUT2D eigenvalue weighted by Gasteiger charge is 2.33. The van der Waals surface area contributed by atoms with Gasteiger partial charge in [0, 0.05) is 39.3 Å². The minimum absolute atomic E-state index is 0.0135. The summed E-state index contributed by atoms with van der Waals surface area (Å²) in [5.41, 5.74) is -0.537. The molecular formula is C15H27N3O5S. The third-order valence-corrected chi connectivity index (χ3v) is 5.05. The molecule has 2 rings (SSSR count). The maximum atomic E-state index is 12.6. The molecule has 24 heavy (non-hydrogen) atoms. The lowest BCUT2D eigenvalue weighted by atomic mass is 9.98. The molecule has 0 spiro atoms. The lowest BCUT2D eigenvalue weighted by molar-refractivity contribution is -0.138. The van der Waals surface area contributed by atoms with Crippen molar-refractivity contribution >= 4 is 22.9 Å². The standard InChI is InChI=1S/C15H27N3O5S/c1-15(2,3)23-14(20)17-9-7-16(8-10-17)13(19)12-5-4-6-18(11-12)24(21)22/h12,24H,4-11H2,1-3H3/t12-/m1/s1. The van der Waals surface area contributed by atoms with Crippen LogP contribution in [0, 0.1) is 5.92 Å². The molecule has 0 aromatic carbocycles. The van der Waals surface area contributed by atoms with Crippen LogP contribution in [-0.4, -0.2) is 79.4 Å². The Morgan fingerprint density at radius 1 is 1.00 bits per heavy atom. The second-order valence-electron chi connectivity index (χ2n) is 7.28. The van der Waals surface area contributed by atoms with Crippen molar-refractivity contribution in [2.75, 3.05) is 39.3 Å². The highest BCUT2D eigenvalue weighted by Crippen LogP contribution is 2.20. The van der Waals surface area contributed by atoms with Crippen LogP contribution in [0.15, 0.2) is 0 Å². The van der Waals surface area contributed by atoms with Gasteiger partial charge in [0.25, 0.3) is 0 Å². The predicted octanol–water partition coefficient (Wildman–Crippen LogP) is 0.304. The maximum absolute atomic E-state index is 12.6. The van der Waals surface area contributed by atoms with Gasteiger partial charge in [0.2, 0.25) is 16.8 Å². The molecule has 0 N–H and O–H groups in total. The molecule has 2 amide bonds. The molecule has 0 aliphatic carbocycles. The highest BCUT2D eigenvalue weighted by molar-refractivity contribution is 7.69. The predicted molar refractivity (Wildman–Crippen MR) is 89.0 cm³/mol.